The van der Waals surface area contributed by atoms with E-state index in [4.69, 9.17) is 0 Å². The van der Waals surface area contributed by atoms with Crippen LogP contribution in [0.5, 0.6) is 0 Å². The van der Waals surface area contributed by atoms with Gasteiger partial charge in [0, 0.05) is 22.9 Å². The van der Waals surface area contributed by atoms with Crippen LogP contribution in [-0.2, 0) is 11.3 Å². The molecule has 0 bridgehead atoms. The van der Waals surface area contributed by atoms with Crippen LogP contribution in [0.1, 0.15) is 18.9 Å². The molecule has 0 spiro atoms. The summed E-state index contributed by atoms with van der Waals surface area (Å²) in [6, 6.07) is 10.6. The zero-order chi connectivity index (χ0) is 11.5. The average Bonchev–Trinajstić information content (AvgIpc) is 2.58. The van der Waals surface area contributed by atoms with Gasteiger partial charge in [0.2, 0.25) is 5.91 Å². The Hall–Kier alpha value is -0.580. The number of carbonyl (C=O) groups excluding carboxylic acids is 1. The van der Waals surface area contributed by atoms with Crippen molar-refractivity contribution < 1.29 is 4.79 Å². The molecule has 0 aliphatic carbocycles. The Morgan fingerprint density at radius 3 is 2.69 bits per heavy atom. The van der Waals surface area contributed by atoms with Crippen LogP contribution in [0.3, 0.4) is 0 Å². The molecule has 1 aromatic rings. The van der Waals surface area contributed by atoms with Crippen LogP contribution in [0, 0.1) is 5.92 Å². The molecular formula is C13H16INO. The normalized spacial score (nSPS) is 25.1. The van der Waals surface area contributed by atoms with Gasteiger partial charge in [-0.15, -0.1) is 0 Å². The highest BCUT2D eigenvalue weighted by Gasteiger charge is 2.35. The number of nitrogens with zero attached hydrogens (tertiary/aromatic N) is 1. The molecule has 1 aliphatic heterocycles. The monoisotopic (exact) mass is 329 g/mol. The second-order valence-corrected chi connectivity index (χ2v) is 5.28. The number of amides is 1. The van der Waals surface area contributed by atoms with Gasteiger partial charge < -0.3 is 4.90 Å². The number of likely N-dealkylation sites (tertiary alicyclic amines) is 1. The van der Waals surface area contributed by atoms with Gasteiger partial charge >= 0.3 is 0 Å². The first-order valence-corrected chi connectivity index (χ1v) is 7.15. The lowest BCUT2D eigenvalue weighted by molar-refractivity contribution is -0.131. The lowest BCUT2D eigenvalue weighted by atomic mass is 10.1. The lowest BCUT2D eigenvalue weighted by Crippen LogP contribution is -2.34. The van der Waals surface area contributed by atoms with Gasteiger partial charge in [0.1, 0.15) is 0 Å². The number of halogens is 1. The topological polar surface area (TPSA) is 20.3 Å². The third kappa shape index (κ3) is 2.39. The first-order chi connectivity index (χ1) is 7.72. The Morgan fingerprint density at radius 2 is 2.06 bits per heavy atom. The fraction of sp³-hybridized carbons (Fsp3) is 0.462. The quantitative estimate of drug-likeness (QED) is 0.617. The van der Waals surface area contributed by atoms with Gasteiger partial charge in [-0.3, -0.25) is 4.79 Å². The van der Waals surface area contributed by atoms with Gasteiger partial charge in [0.25, 0.3) is 0 Å². The number of alkyl halides is 1. The number of hydrogen-bond acceptors (Lipinski definition) is 1. The average molecular weight is 329 g/mol. The predicted octanol–water partition coefficient (Wildman–Crippen LogP) is 2.86. The molecule has 2 rings (SSSR count). The van der Waals surface area contributed by atoms with E-state index in [0.717, 1.165) is 17.4 Å². The fourth-order valence-electron chi connectivity index (χ4n) is 2.23. The molecule has 2 nitrogen and oxygen atoms in total. The standard InChI is InChI=1S/C13H16INO/c1-10-7-12(8-14)15(13(10)16)9-11-5-3-2-4-6-11/h2-6,10,12H,7-9H2,1H3/t10-,12+/m0/s1. The minimum Gasteiger partial charge on any atom is -0.334 e. The van der Waals surface area contributed by atoms with Gasteiger partial charge in [0.15, 0.2) is 0 Å². The van der Waals surface area contributed by atoms with Crippen LogP contribution in [0.4, 0.5) is 0 Å². The second kappa shape index (κ2) is 5.17. The van der Waals surface area contributed by atoms with Crippen molar-refractivity contribution in [2.24, 2.45) is 5.92 Å². The molecule has 1 heterocycles. The maximum atomic E-state index is 12.0. The van der Waals surface area contributed by atoms with E-state index in [2.05, 4.69) is 34.7 Å². The van der Waals surface area contributed by atoms with E-state index in [9.17, 15) is 4.79 Å². The van der Waals surface area contributed by atoms with Crippen LogP contribution in [0.15, 0.2) is 30.3 Å². The van der Waals surface area contributed by atoms with E-state index in [1.807, 2.05) is 30.0 Å². The molecular weight excluding hydrogens is 313 g/mol. The summed E-state index contributed by atoms with van der Waals surface area (Å²) in [6.45, 7) is 2.80. The molecule has 1 amide bonds. The highest BCUT2D eigenvalue weighted by Crippen LogP contribution is 2.27. The Bertz CT molecular complexity index is 365. The molecule has 2 atom stereocenters. The fourth-order valence-corrected chi connectivity index (χ4v) is 3.07. The Kier molecular flexibility index (Phi) is 3.84. The van der Waals surface area contributed by atoms with Crippen LogP contribution < -0.4 is 0 Å². The Morgan fingerprint density at radius 1 is 1.38 bits per heavy atom. The van der Waals surface area contributed by atoms with Crippen LogP contribution in [0.2, 0.25) is 0 Å². The molecule has 1 fully saturated rings. The number of benzene rings is 1. The molecule has 3 heteroatoms. The summed E-state index contributed by atoms with van der Waals surface area (Å²) in [5.41, 5.74) is 1.22. The van der Waals surface area contributed by atoms with E-state index >= 15 is 0 Å². The molecule has 1 aromatic carbocycles. The van der Waals surface area contributed by atoms with Crippen molar-refractivity contribution in [1.82, 2.24) is 4.90 Å². The van der Waals surface area contributed by atoms with Crippen molar-refractivity contribution in [1.29, 1.82) is 0 Å². The first kappa shape index (κ1) is 11.9. The van der Waals surface area contributed by atoms with Gasteiger partial charge in [-0.2, -0.15) is 0 Å². The largest absolute Gasteiger partial charge is 0.334 e. The summed E-state index contributed by atoms with van der Waals surface area (Å²) in [7, 11) is 0. The Balaban J connectivity index is 2.11. The van der Waals surface area contributed by atoms with Crippen molar-refractivity contribution in [3.8, 4) is 0 Å². The lowest BCUT2D eigenvalue weighted by Gasteiger charge is -2.23. The first-order valence-electron chi connectivity index (χ1n) is 5.62. The summed E-state index contributed by atoms with van der Waals surface area (Å²) in [6.07, 6.45) is 1.01. The highest BCUT2D eigenvalue weighted by atomic mass is 127. The summed E-state index contributed by atoms with van der Waals surface area (Å²) < 4.78 is 1.03. The zero-order valence-electron chi connectivity index (χ0n) is 9.40. The maximum absolute atomic E-state index is 12.0. The third-order valence-electron chi connectivity index (χ3n) is 3.14. The third-order valence-corrected chi connectivity index (χ3v) is 4.16. The predicted molar refractivity (Wildman–Crippen MR) is 73.4 cm³/mol. The maximum Gasteiger partial charge on any atom is 0.226 e. The second-order valence-electron chi connectivity index (χ2n) is 4.40. The van der Waals surface area contributed by atoms with E-state index in [0.29, 0.717) is 11.9 Å². The van der Waals surface area contributed by atoms with Crippen molar-refractivity contribution in [3.05, 3.63) is 35.9 Å². The summed E-state index contributed by atoms with van der Waals surface area (Å²) in [5, 5.41) is 0. The minimum atomic E-state index is 0.198. The van der Waals surface area contributed by atoms with E-state index in [1.165, 1.54) is 5.56 Å². The van der Waals surface area contributed by atoms with E-state index < -0.39 is 0 Å². The van der Waals surface area contributed by atoms with E-state index in [-0.39, 0.29) is 5.92 Å². The Labute approximate surface area is 110 Å². The number of hydrogen-bond donors (Lipinski definition) is 0. The smallest absolute Gasteiger partial charge is 0.226 e. The van der Waals surface area contributed by atoms with Crippen molar-refractivity contribution in [3.63, 3.8) is 0 Å². The van der Waals surface area contributed by atoms with Gasteiger partial charge in [0.05, 0.1) is 0 Å². The van der Waals surface area contributed by atoms with Gasteiger partial charge in [-0.25, -0.2) is 0 Å². The van der Waals surface area contributed by atoms with Crippen LogP contribution in [0.25, 0.3) is 0 Å². The summed E-state index contributed by atoms with van der Waals surface area (Å²) >= 11 is 2.37. The summed E-state index contributed by atoms with van der Waals surface area (Å²) in [5.74, 6) is 0.508. The van der Waals surface area contributed by atoms with Gasteiger partial charge in [-0.05, 0) is 12.0 Å². The van der Waals surface area contributed by atoms with Crippen molar-refractivity contribution in [2.75, 3.05) is 4.43 Å². The number of carbonyl (C=O) groups is 1. The molecule has 0 N–H and O–H groups in total. The molecule has 0 aromatic heterocycles. The molecule has 0 unspecified atom stereocenters. The molecule has 16 heavy (non-hydrogen) atoms. The molecule has 1 saturated heterocycles. The molecule has 86 valence electrons. The van der Waals surface area contributed by atoms with Gasteiger partial charge in [-0.1, -0.05) is 59.8 Å². The highest BCUT2D eigenvalue weighted by molar-refractivity contribution is 14.1. The van der Waals surface area contributed by atoms with Crippen molar-refractivity contribution >= 4 is 28.5 Å². The molecule has 0 saturated carbocycles. The van der Waals surface area contributed by atoms with Crippen LogP contribution in [-0.4, -0.2) is 21.3 Å². The van der Waals surface area contributed by atoms with Crippen LogP contribution >= 0.6 is 22.6 Å². The van der Waals surface area contributed by atoms with E-state index in [1.54, 1.807) is 0 Å². The minimum absolute atomic E-state index is 0.198. The molecule has 1 aliphatic rings. The summed E-state index contributed by atoms with van der Waals surface area (Å²) in [4.78, 5) is 14.0. The number of rotatable bonds is 3. The SMILES string of the molecule is C[C@H]1C[C@H](CI)N(Cc2ccccc2)C1=O. The van der Waals surface area contributed by atoms with Crippen molar-refractivity contribution in [2.45, 2.75) is 25.9 Å². The zero-order valence-corrected chi connectivity index (χ0v) is 11.6. The molecule has 0 radical (unpaired) electrons.